The second kappa shape index (κ2) is 4.83. The van der Waals surface area contributed by atoms with Gasteiger partial charge < -0.3 is 10.0 Å². The van der Waals surface area contributed by atoms with E-state index in [1.165, 1.54) is 26.1 Å². The summed E-state index contributed by atoms with van der Waals surface area (Å²) in [5, 5.41) is 9.24. The smallest absolute Gasteiger partial charge is 0.334 e. The van der Waals surface area contributed by atoms with Gasteiger partial charge in [-0.05, 0) is 40.5 Å². The van der Waals surface area contributed by atoms with E-state index in [0.717, 1.165) is 11.0 Å². The topological polar surface area (TPSA) is 57.6 Å². The lowest BCUT2D eigenvalue weighted by atomic mass is 9.91. The summed E-state index contributed by atoms with van der Waals surface area (Å²) < 4.78 is 13.2. The number of carboxylic acid groups (broad SMARTS) is 1. The van der Waals surface area contributed by atoms with Crippen LogP contribution in [0.4, 0.5) is 4.39 Å². The van der Waals surface area contributed by atoms with Crippen molar-refractivity contribution in [2.75, 3.05) is 7.05 Å². The number of amides is 1. The highest BCUT2D eigenvalue weighted by molar-refractivity contribution is 9.10. The van der Waals surface area contributed by atoms with Gasteiger partial charge in [0.2, 0.25) is 6.41 Å². The maximum atomic E-state index is 13.1. The van der Waals surface area contributed by atoms with Crippen LogP contribution in [0.3, 0.4) is 0 Å². The number of aliphatic carboxylic acids is 1. The Labute approximate surface area is 106 Å². The SMILES string of the molecule is CN(C=O)C(C)(C(=O)O)c1ccc(F)c(Br)c1. The molecular weight excluding hydrogens is 293 g/mol. The number of benzene rings is 1. The summed E-state index contributed by atoms with van der Waals surface area (Å²) in [6.07, 6.45) is 0.422. The van der Waals surface area contributed by atoms with E-state index in [4.69, 9.17) is 0 Å². The highest BCUT2D eigenvalue weighted by Crippen LogP contribution is 2.29. The molecule has 0 heterocycles. The van der Waals surface area contributed by atoms with Crippen LogP contribution in [0, 0.1) is 5.82 Å². The van der Waals surface area contributed by atoms with Crippen LogP contribution in [-0.2, 0) is 15.1 Å². The summed E-state index contributed by atoms with van der Waals surface area (Å²) >= 11 is 2.98. The molecule has 0 aliphatic rings. The second-order valence-corrected chi connectivity index (χ2v) is 4.58. The molecule has 1 atom stereocenters. The van der Waals surface area contributed by atoms with E-state index < -0.39 is 17.3 Å². The van der Waals surface area contributed by atoms with E-state index in [1.807, 2.05) is 0 Å². The molecule has 0 fully saturated rings. The van der Waals surface area contributed by atoms with Gasteiger partial charge in [0.25, 0.3) is 0 Å². The van der Waals surface area contributed by atoms with Crippen LogP contribution in [0.1, 0.15) is 12.5 Å². The van der Waals surface area contributed by atoms with Gasteiger partial charge in [0.05, 0.1) is 4.47 Å². The number of nitrogens with zero attached hydrogens (tertiary/aromatic N) is 1. The Morgan fingerprint density at radius 2 is 2.18 bits per heavy atom. The largest absolute Gasteiger partial charge is 0.479 e. The van der Waals surface area contributed by atoms with Gasteiger partial charge in [-0.15, -0.1) is 0 Å². The number of carbonyl (C=O) groups excluding carboxylic acids is 1. The van der Waals surface area contributed by atoms with Crippen LogP contribution in [0.2, 0.25) is 0 Å². The minimum atomic E-state index is -1.53. The summed E-state index contributed by atoms with van der Waals surface area (Å²) in [6.45, 7) is 1.38. The second-order valence-electron chi connectivity index (χ2n) is 3.72. The quantitative estimate of drug-likeness (QED) is 0.865. The van der Waals surface area contributed by atoms with Crippen molar-refractivity contribution in [2.45, 2.75) is 12.5 Å². The highest BCUT2D eigenvalue weighted by Gasteiger charge is 2.39. The molecule has 0 aromatic heterocycles. The Morgan fingerprint density at radius 1 is 1.59 bits per heavy atom. The van der Waals surface area contributed by atoms with E-state index >= 15 is 0 Å². The number of likely N-dealkylation sites (N-methyl/N-ethyl adjacent to an activating group) is 1. The number of rotatable bonds is 4. The molecule has 4 nitrogen and oxygen atoms in total. The summed E-state index contributed by atoms with van der Waals surface area (Å²) in [6, 6.07) is 3.84. The molecule has 1 rings (SSSR count). The first kappa shape index (κ1) is 13.6. The van der Waals surface area contributed by atoms with Crippen molar-refractivity contribution in [3.8, 4) is 0 Å². The minimum Gasteiger partial charge on any atom is -0.479 e. The monoisotopic (exact) mass is 303 g/mol. The molecule has 0 aliphatic carbocycles. The lowest BCUT2D eigenvalue weighted by molar-refractivity contribution is -0.153. The predicted octanol–water partition coefficient (Wildman–Crippen LogP) is 1.98. The molecule has 0 saturated carbocycles. The number of halogens is 2. The fraction of sp³-hybridized carbons (Fsp3) is 0.273. The number of carbonyl (C=O) groups is 2. The third-order valence-electron chi connectivity index (χ3n) is 2.76. The van der Waals surface area contributed by atoms with Crippen molar-refractivity contribution in [1.29, 1.82) is 0 Å². The first-order chi connectivity index (χ1) is 7.83. The van der Waals surface area contributed by atoms with Gasteiger partial charge in [0, 0.05) is 7.05 Å². The summed E-state index contributed by atoms with van der Waals surface area (Å²) in [4.78, 5) is 23.1. The number of hydrogen-bond acceptors (Lipinski definition) is 2. The van der Waals surface area contributed by atoms with Crippen LogP contribution in [0.5, 0.6) is 0 Å². The molecule has 1 unspecified atom stereocenters. The predicted molar refractivity (Wildman–Crippen MR) is 62.9 cm³/mol. The molecule has 92 valence electrons. The molecule has 0 bridgehead atoms. The van der Waals surface area contributed by atoms with E-state index in [0.29, 0.717) is 12.0 Å². The fourth-order valence-electron chi connectivity index (χ4n) is 1.38. The van der Waals surface area contributed by atoms with Gasteiger partial charge in [-0.25, -0.2) is 9.18 Å². The number of hydrogen-bond donors (Lipinski definition) is 1. The standard InChI is InChI=1S/C11H11BrFNO3/c1-11(10(16)17,14(2)6-15)7-3-4-9(13)8(12)5-7/h3-6H,1-2H3,(H,16,17). The van der Waals surface area contributed by atoms with Crippen molar-refractivity contribution in [2.24, 2.45) is 0 Å². The average Bonchev–Trinajstić information content (AvgIpc) is 2.30. The number of carboxylic acids is 1. The molecule has 0 spiro atoms. The lowest BCUT2D eigenvalue weighted by Crippen LogP contribution is -2.47. The van der Waals surface area contributed by atoms with Gasteiger partial charge in [-0.3, -0.25) is 4.79 Å². The van der Waals surface area contributed by atoms with Gasteiger partial charge in [0.1, 0.15) is 5.82 Å². The minimum absolute atomic E-state index is 0.154. The third kappa shape index (κ3) is 2.31. The molecule has 0 radical (unpaired) electrons. The molecule has 0 saturated heterocycles. The van der Waals surface area contributed by atoms with Crippen molar-refractivity contribution >= 4 is 28.3 Å². The van der Waals surface area contributed by atoms with Crippen LogP contribution < -0.4 is 0 Å². The van der Waals surface area contributed by atoms with Gasteiger partial charge in [-0.2, -0.15) is 0 Å². The van der Waals surface area contributed by atoms with E-state index in [2.05, 4.69) is 15.9 Å². The van der Waals surface area contributed by atoms with Crippen molar-refractivity contribution in [1.82, 2.24) is 4.90 Å². The molecule has 1 amide bonds. The zero-order valence-electron chi connectivity index (χ0n) is 9.28. The Bertz CT molecular complexity index is 466. The average molecular weight is 304 g/mol. The van der Waals surface area contributed by atoms with Gasteiger partial charge in [-0.1, -0.05) is 6.07 Å². The molecular formula is C11H11BrFNO3. The van der Waals surface area contributed by atoms with E-state index in [9.17, 15) is 19.1 Å². The third-order valence-corrected chi connectivity index (χ3v) is 3.37. The normalized spacial score (nSPS) is 13.9. The Morgan fingerprint density at radius 3 is 2.59 bits per heavy atom. The zero-order valence-corrected chi connectivity index (χ0v) is 10.9. The summed E-state index contributed by atoms with van der Waals surface area (Å²) in [7, 11) is 1.36. The Hall–Kier alpha value is -1.43. The summed E-state index contributed by atoms with van der Waals surface area (Å²) in [5.74, 6) is -1.68. The van der Waals surface area contributed by atoms with E-state index in [1.54, 1.807) is 0 Å². The fourth-order valence-corrected chi connectivity index (χ4v) is 1.76. The van der Waals surface area contributed by atoms with Gasteiger partial charge in [0.15, 0.2) is 5.54 Å². The van der Waals surface area contributed by atoms with Crippen molar-refractivity contribution in [3.05, 3.63) is 34.1 Å². The first-order valence-electron chi connectivity index (χ1n) is 4.71. The molecule has 0 aliphatic heterocycles. The summed E-state index contributed by atoms with van der Waals surface area (Å²) in [5.41, 5.74) is -1.22. The molecule has 6 heteroatoms. The maximum absolute atomic E-state index is 13.1. The van der Waals surface area contributed by atoms with E-state index in [-0.39, 0.29) is 4.47 Å². The first-order valence-corrected chi connectivity index (χ1v) is 5.50. The van der Waals surface area contributed by atoms with Crippen LogP contribution in [-0.4, -0.2) is 29.4 Å². The Balaban J connectivity index is 3.37. The highest BCUT2D eigenvalue weighted by atomic mass is 79.9. The van der Waals surface area contributed by atoms with Crippen LogP contribution >= 0.6 is 15.9 Å². The molecule has 17 heavy (non-hydrogen) atoms. The Kier molecular flexibility index (Phi) is 3.87. The van der Waals surface area contributed by atoms with Crippen LogP contribution in [0.25, 0.3) is 0 Å². The molecule has 1 aromatic carbocycles. The van der Waals surface area contributed by atoms with Crippen molar-refractivity contribution in [3.63, 3.8) is 0 Å². The van der Waals surface area contributed by atoms with Gasteiger partial charge >= 0.3 is 5.97 Å². The lowest BCUT2D eigenvalue weighted by Gasteiger charge is -2.32. The molecule has 1 aromatic rings. The molecule has 1 N–H and O–H groups in total. The van der Waals surface area contributed by atoms with Crippen molar-refractivity contribution < 1.29 is 19.1 Å². The van der Waals surface area contributed by atoms with Crippen LogP contribution in [0.15, 0.2) is 22.7 Å². The maximum Gasteiger partial charge on any atom is 0.334 e. The zero-order chi connectivity index (χ0) is 13.2.